The van der Waals surface area contributed by atoms with E-state index in [1.807, 2.05) is 30.5 Å². The first-order chi connectivity index (χ1) is 17.1. The summed E-state index contributed by atoms with van der Waals surface area (Å²) >= 11 is 0. The molecule has 4 rings (SSSR count). The molecule has 1 amide bonds. The summed E-state index contributed by atoms with van der Waals surface area (Å²) in [4.78, 5) is 27.9. The van der Waals surface area contributed by atoms with Crippen LogP contribution in [-0.4, -0.2) is 84.6 Å². The minimum Gasteiger partial charge on any atom is -0.493 e. The van der Waals surface area contributed by atoms with E-state index in [0.717, 1.165) is 38.3 Å². The largest absolute Gasteiger partial charge is 0.493 e. The maximum Gasteiger partial charge on any atom is 0.275 e. The van der Waals surface area contributed by atoms with Crippen molar-refractivity contribution >= 4 is 5.91 Å². The number of aromatic nitrogens is 2. The third-order valence-corrected chi connectivity index (χ3v) is 6.25. The van der Waals surface area contributed by atoms with Gasteiger partial charge in [0.25, 0.3) is 5.91 Å². The average molecular weight is 480 g/mol. The fraction of sp³-hybridized carbons (Fsp3) is 0.423. The Labute approximate surface area is 206 Å². The van der Waals surface area contributed by atoms with Crippen molar-refractivity contribution in [2.45, 2.75) is 19.5 Å². The van der Waals surface area contributed by atoms with E-state index in [0.29, 0.717) is 42.6 Å². The lowest BCUT2D eigenvalue weighted by molar-refractivity contribution is 0.0790. The molecule has 2 aromatic heterocycles. The SMILES string of the molecule is COc1ccc(CCN(C)C(=O)c2coc(CN3CCN(Cc4cccnc4)CC3)n2)cc1OC. The van der Waals surface area contributed by atoms with Crippen LogP contribution in [0, 0.1) is 0 Å². The first-order valence-corrected chi connectivity index (χ1v) is 11.8. The Bertz CT molecular complexity index is 1100. The summed E-state index contributed by atoms with van der Waals surface area (Å²) in [7, 11) is 5.00. The molecular formula is C26H33N5O4. The topological polar surface area (TPSA) is 84.2 Å². The van der Waals surface area contributed by atoms with Crippen LogP contribution in [0.5, 0.6) is 11.5 Å². The number of carbonyl (C=O) groups excluding carboxylic acids is 1. The molecule has 1 fully saturated rings. The lowest BCUT2D eigenvalue weighted by Crippen LogP contribution is -2.45. The number of ether oxygens (including phenoxy) is 2. The maximum atomic E-state index is 12.8. The van der Waals surface area contributed by atoms with Crippen LogP contribution in [0.4, 0.5) is 0 Å². The van der Waals surface area contributed by atoms with Crippen molar-refractivity contribution in [2.75, 3.05) is 54.0 Å². The third kappa shape index (κ3) is 6.58. The van der Waals surface area contributed by atoms with Crippen molar-refractivity contribution in [2.24, 2.45) is 0 Å². The first kappa shape index (κ1) is 24.7. The lowest BCUT2D eigenvalue weighted by atomic mass is 10.1. The second kappa shape index (κ2) is 11.8. The van der Waals surface area contributed by atoms with Gasteiger partial charge in [0.2, 0.25) is 5.89 Å². The number of hydrogen-bond donors (Lipinski definition) is 0. The zero-order valence-electron chi connectivity index (χ0n) is 20.6. The highest BCUT2D eigenvalue weighted by Crippen LogP contribution is 2.27. The summed E-state index contributed by atoms with van der Waals surface area (Å²) < 4.78 is 16.3. The third-order valence-electron chi connectivity index (χ3n) is 6.25. The molecule has 0 aliphatic carbocycles. The van der Waals surface area contributed by atoms with Gasteiger partial charge in [-0.2, -0.15) is 0 Å². The van der Waals surface area contributed by atoms with Crippen LogP contribution >= 0.6 is 0 Å². The molecule has 3 heterocycles. The van der Waals surface area contributed by atoms with Gasteiger partial charge in [0.05, 0.1) is 20.8 Å². The van der Waals surface area contributed by atoms with Gasteiger partial charge >= 0.3 is 0 Å². The molecule has 0 radical (unpaired) electrons. The maximum absolute atomic E-state index is 12.8. The number of piperazine rings is 1. The van der Waals surface area contributed by atoms with Crippen LogP contribution in [-0.2, 0) is 19.5 Å². The number of hydrogen-bond acceptors (Lipinski definition) is 8. The average Bonchev–Trinajstić information content (AvgIpc) is 3.36. The van der Waals surface area contributed by atoms with Crippen molar-refractivity contribution in [1.29, 1.82) is 0 Å². The normalized spacial score (nSPS) is 14.6. The van der Waals surface area contributed by atoms with Crippen molar-refractivity contribution in [3.05, 3.63) is 71.7 Å². The molecule has 35 heavy (non-hydrogen) atoms. The predicted octanol–water partition coefficient (Wildman–Crippen LogP) is 2.72. The van der Waals surface area contributed by atoms with Crippen molar-refractivity contribution < 1.29 is 18.7 Å². The van der Waals surface area contributed by atoms with Crippen molar-refractivity contribution in [3.8, 4) is 11.5 Å². The number of methoxy groups -OCH3 is 2. The van der Waals surface area contributed by atoms with E-state index in [9.17, 15) is 4.79 Å². The predicted molar refractivity (Wildman–Crippen MR) is 132 cm³/mol. The first-order valence-electron chi connectivity index (χ1n) is 11.8. The fourth-order valence-corrected chi connectivity index (χ4v) is 4.16. The number of carbonyl (C=O) groups is 1. The molecule has 9 nitrogen and oxygen atoms in total. The highest BCUT2D eigenvalue weighted by atomic mass is 16.5. The van der Waals surface area contributed by atoms with Crippen LogP contribution in [0.3, 0.4) is 0 Å². The minimum atomic E-state index is -0.151. The molecule has 9 heteroatoms. The second-order valence-electron chi connectivity index (χ2n) is 8.71. The summed E-state index contributed by atoms with van der Waals surface area (Å²) in [5.74, 6) is 1.79. The monoisotopic (exact) mass is 479 g/mol. The molecule has 1 aliphatic heterocycles. The van der Waals surface area contributed by atoms with Crippen LogP contribution in [0.2, 0.25) is 0 Å². The molecular weight excluding hydrogens is 446 g/mol. The lowest BCUT2D eigenvalue weighted by Gasteiger charge is -2.33. The van der Waals surface area contributed by atoms with Gasteiger partial charge in [0, 0.05) is 58.7 Å². The number of benzene rings is 1. The van der Waals surface area contributed by atoms with Crippen molar-refractivity contribution in [1.82, 2.24) is 24.7 Å². The smallest absolute Gasteiger partial charge is 0.275 e. The Morgan fingerprint density at radius 1 is 1.03 bits per heavy atom. The van der Waals surface area contributed by atoms with E-state index in [1.165, 1.54) is 11.8 Å². The molecule has 0 saturated carbocycles. The van der Waals surface area contributed by atoms with Crippen LogP contribution in [0.15, 0.2) is 53.4 Å². The zero-order valence-corrected chi connectivity index (χ0v) is 20.6. The highest BCUT2D eigenvalue weighted by molar-refractivity contribution is 5.91. The van der Waals surface area contributed by atoms with Gasteiger partial charge in [-0.3, -0.25) is 19.6 Å². The molecule has 0 unspecified atom stereocenters. The minimum absolute atomic E-state index is 0.151. The van der Waals surface area contributed by atoms with Gasteiger partial charge in [-0.25, -0.2) is 4.98 Å². The summed E-state index contributed by atoms with van der Waals surface area (Å²) in [5, 5.41) is 0. The number of oxazole rings is 1. The van der Waals surface area contributed by atoms with Gasteiger partial charge in [0.15, 0.2) is 17.2 Å². The van der Waals surface area contributed by atoms with E-state index in [-0.39, 0.29) is 5.91 Å². The van der Waals surface area contributed by atoms with Crippen LogP contribution < -0.4 is 9.47 Å². The number of nitrogens with zero attached hydrogens (tertiary/aromatic N) is 5. The Morgan fingerprint density at radius 2 is 1.77 bits per heavy atom. The molecule has 3 aromatic rings. The summed E-state index contributed by atoms with van der Waals surface area (Å²) in [6.45, 7) is 5.86. The number of likely N-dealkylation sites (N-methyl/N-ethyl adjacent to an activating group) is 1. The summed E-state index contributed by atoms with van der Waals surface area (Å²) in [6, 6.07) is 9.86. The molecule has 1 aromatic carbocycles. The summed E-state index contributed by atoms with van der Waals surface area (Å²) in [6.07, 6.45) is 5.87. The van der Waals surface area contributed by atoms with E-state index >= 15 is 0 Å². The Hall–Kier alpha value is -3.43. The summed E-state index contributed by atoms with van der Waals surface area (Å²) in [5.41, 5.74) is 2.63. The molecule has 1 saturated heterocycles. The van der Waals surface area contributed by atoms with E-state index in [2.05, 4.69) is 25.8 Å². The van der Waals surface area contributed by atoms with E-state index in [1.54, 1.807) is 32.4 Å². The number of amides is 1. The molecule has 0 bridgehead atoms. The molecule has 0 spiro atoms. The Balaban J connectivity index is 1.24. The molecule has 186 valence electrons. The standard InChI is InChI=1S/C26H33N5O4/c1-29(10-8-20-6-7-23(33-2)24(15-20)34-3)26(32)22-19-35-25(28-22)18-31-13-11-30(12-14-31)17-21-5-4-9-27-16-21/h4-7,9,15-16,19H,8,10-14,17-18H2,1-3H3. The second-order valence-corrected chi connectivity index (χ2v) is 8.71. The number of pyridine rings is 1. The number of rotatable bonds is 10. The van der Waals surface area contributed by atoms with E-state index < -0.39 is 0 Å². The van der Waals surface area contributed by atoms with Crippen LogP contribution in [0.25, 0.3) is 0 Å². The van der Waals surface area contributed by atoms with Gasteiger partial charge in [-0.1, -0.05) is 12.1 Å². The van der Waals surface area contributed by atoms with Gasteiger partial charge in [-0.15, -0.1) is 0 Å². The highest BCUT2D eigenvalue weighted by Gasteiger charge is 2.21. The van der Waals surface area contributed by atoms with E-state index in [4.69, 9.17) is 13.9 Å². The quantitative estimate of drug-likeness (QED) is 0.439. The molecule has 0 N–H and O–H groups in total. The van der Waals surface area contributed by atoms with Crippen molar-refractivity contribution in [3.63, 3.8) is 0 Å². The Morgan fingerprint density at radius 3 is 2.46 bits per heavy atom. The molecule has 1 aliphatic rings. The Kier molecular flexibility index (Phi) is 8.33. The molecule has 0 atom stereocenters. The van der Waals surface area contributed by atoms with Gasteiger partial charge in [0.1, 0.15) is 6.26 Å². The van der Waals surface area contributed by atoms with Crippen LogP contribution in [0.1, 0.15) is 27.5 Å². The van der Waals surface area contributed by atoms with Gasteiger partial charge < -0.3 is 18.8 Å². The fourth-order valence-electron chi connectivity index (χ4n) is 4.16. The van der Waals surface area contributed by atoms with Gasteiger partial charge in [-0.05, 0) is 35.7 Å². The zero-order chi connectivity index (χ0) is 24.6.